The van der Waals surface area contributed by atoms with Crippen molar-refractivity contribution in [1.82, 2.24) is 0 Å². The number of benzene rings is 2. The summed E-state index contributed by atoms with van der Waals surface area (Å²) in [6, 6.07) is 18.7. The maximum absolute atomic E-state index is 9.00. The molecule has 2 rings (SSSR count). The third-order valence-electron chi connectivity index (χ3n) is 1.72. The lowest BCUT2D eigenvalue weighted by Crippen LogP contribution is -2.18. The molecule has 0 spiro atoms. The normalized spacial score (nSPS) is 7.79. The molecule has 0 aliphatic carbocycles. The van der Waals surface area contributed by atoms with Gasteiger partial charge in [0.15, 0.2) is 0 Å². The van der Waals surface area contributed by atoms with E-state index in [0.717, 1.165) is 11.5 Å². The first-order valence-corrected chi connectivity index (χ1v) is 5.01. The first-order chi connectivity index (χ1) is 8.18. The van der Waals surface area contributed by atoms with Crippen LogP contribution in [-0.2, 0) is 0 Å². The van der Waals surface area contributed by atoms with Gasteiger partial charge in [-0.1, -0.05) is 36.4 Å². The molecule has 0 saturated heterocycles. The van der Waals surface area contributed by atoms with E-state index in [1.54, 1.807) is 0 Å². The lowest BCUT2D eigenvalue weighted by molar-refractivity contribution is 0.256. The highest BCUT2D eigenvalue weighted by Gasteiger charge is 1.92. The van der Waals surface area contributed by atoms with Crippen LogP contribution in [0.1, 0.15) is 0 Å². The summed E-state index contributed by atoms with van der Waals surface area (Å²) in [5, 5.41) is 0. The van der Waals surface area contributed by atoms with E-state index in [0.29, 0.717) is 0 Å². The molecule has 0 aliphatic rings. The van der Waals surface area contributed by atoms with Gasteiger partial charge < -0.3 is 16.2 Å². The van der Waals surface area contributed by atoms with Gasteiger partial charge in [0.1, 0.15) is 11.5 Å². The Morgan fingerprint density at radius 1 is 0.737 bits per heavy atom. The minimum Gasteiger partial charge on any atom is -0.457 e. The van der Waals surface area contributed by atoms with Gasteiger partial charge in [0.05, 0.1) is 0 Å². The van der Waals surface area contributed by atoms with Gasteiger partial charge in [-0.3, -0.25) is 9.41 Å². The van der Waals surface area contributed by atoms with Crippen molar-refractivity contribution in [3.63, 3.8) is 0 Å². The standard InChI is InChI=1S/C12H10O.CH4N2O.2FH/c1-3-7-11(8-4-1)13-12-9-5-2-6-10-12;2-1(3)4;;/h1-10H;(H4,2,3,4);2*1H. The second kappa shape index (κ2) is 10.5. The summed E-state index contributed by atoms with van der Waals surface area (Å²) in [6.45, 7) is 0. The van der Waals surface area contributed by atoms with Crippen LogP contribution in [0, 0.1) is 0 Å². The molecule has 0 bridgehead atoms. The first kappa shape index (κ1) is 18.7. The molecule has 0 aromatic heterocycles. The van der Waals surface area contributed by atoms with E-state index in [4.69, 9.17) is 9.53 Å². The summed E-state index contributed by atoms with van der Waals surface area (Å²) >= 11 is 0. The summed E-state index contributed by atoms with van der Waals surface area (Å²) in [6.07, 6.45) is 0. The smallest absolute Gasteiger partial charge is 0.309 e. The zero-order chi connectivity index (χ0) is 12.5. The molecule has 4 N–H and O–H groups in total. The van der Waals surface area contributed by atoms with Gasteiger partial charge in [0, 0.05) is 0 Å². The highest BCUT2D eigenvalue weighted by Crippen LogP contribution is 2.19. The average Bonchev–Trinajstić information content (AvgIpc) is 2.31. The minimum atomic E-state index is -0.833. The maximum atomic E-state index is 9.00. The van der Waals surface area contributed by atoms with Crippen molar-refractivity contribution < 1.29 is 18.9 Å². The van der Waals surface area contributed by atoms with Crippen molar-refractivity contribution in [3.05, 3.63) is 60.7 Å². The van der Waals surface area contributed by atoms with Gasteiger partial charge in [-0.2, -0.15) is 0 Å². The topological polar surface area (TPSA) is 78.3 Å². The number of halogens is 2. The molecule has 0 aliphatic heterocycles. The molecule has 19 heavy (non-hydrogen) atoms. The number of ether oxygens (including phenoxy) is 1. The summed E-state index contributed by atoms with van der Waals surface area (Å²) in [4.78, 5) is 9.00. The number of amides is 2. The number of primary amides is 2. The van der Waals surface area contributed by atoms with Crippen LogP contribution in [0.5, 0.6) is 11.5 Å². The molecule has 0 saturated carbocycles. The van der Waals surface area contributed by atoms with E-state index >= 15 is 0 Å². The first-order valence-electron chi connectivity index (χ1n) is 5.01. The van der Waals surface area contributed by atoms with Gasteiger partial charge in [-0.25, -0.2) is 4.79 Å². The summed E-state index contributed by atoms with van der Waals surface area (Å²) in [5.41, 5.74) is 8.50. The highest BCUT2D eigenvalue weighted by atomic mass is 19.0. The molecule has 0 fully saturated rings. The molecule has 0 heterocycles. The van der Waals surface area contributed by atoms with Gasteiger partial charge in [0.25, 0.3) is 0 Å². The number of para-hydroxylation sites is 2. The van der Waals surface area contributed by atoms with Crippen LogP contribution in [0.25, 0.3) is 0 Å². The molecule has 0 atom stereocenters. The van der Waals surface area contributed by atoms with Crippen molar-refractivity contribution >= 4 is 6.03 Å². The van der Waals surface area contributed by atoms with Crippen LogP contribution in [0.15, 0.2) is 60.7 Å². The van der Waals surface area contributed by atoms with E-state index in [9.17, 15) is 0 Å². The number of urea groups is 1. The number of carbonyl (C=O) groups excluding carboxylic acids is 1. The van der Waals surface area contributed by atoms with Crippen molar-refractivity contribution in [2.75, 3.05) is 0 Å². The number of hydrogen-bond acceptors (Lipinski definition) is 2. The molecule has 104 valence electrons. The van der Waals surface area contributed by atoms with Gasteiger partial charge >= 0.3 is 6.03 Å². The molecule has 0 unspecified atom stereocenters. The molecular weight excluding hydrogens is 254 g/mol. The van der Waals surface area contributed by atoms with Gasteiger partial charge in [-0.15, -0.1) is 0 Å². The molecule has 2 amide bonds. The van der Waals surface area contributed by atoms with Crippen LogP contribution in [-0.4, -0.2) is 6.03 Å². The van der Waals surface area contributed by atoms with Crippen LogP contribution in [0.3, 0.4) is 0 Å². The van der Waals surface area contributed by atoms with E-state index in [1.165, 1.54) is 0 Å². The zero-order valence-electron chi connectivity index (χ0n) is 10.1. The van der Waals surface area contributed by atoms with Crippen LogP contribution in [0.4, 0.5) is 14.2 Å². The number of hydrogen-bond donors (Lipinski definition) is 2. The lowest BCUT2D eigenvalue weighted by Gasteiger charge is -2.03. The number of nitrogens with two attached hydrogens (primary N) is 2. The van der Waals surface area contributed by atoms with Crippen LogP contribution in [0.2, 0.25) is 0 Å². The Balaban J connectivity index is 0. The Kier molecular flexibility index (Phi) is 10.4. The Morgan fingerprint density at radius 3 is 1.26 bits per heavy atom. The fourth-order valence-electron chi connectivity index (χ4n) is 1.11. The van der Waals surface area contributed by atoms with Crippen LogP contribution >= 0.6 is 0 Å². The van der Waals surface area contributed by atoms with Crippen molar-refractivity contribution in [1.29, 1.82) is 0 Å². The minimum absolute atomic E-state index is 0. The van der Waals surface area contributed by atoms with Crippen LogP contribution < -0.4 is 16.2 Å². The zero-order valence-corrected chi connectivity index (χ0v) is 10.1. The molecule has 6 heteroatoms. The lowest BCUT2D eigenvalue weighted by atomic mass is 10.3. The number of rotatable bonds is 2. The molecule has 4 nitrogen and oxygen atoms in total. The van der Waals surface area contributed by atoms with E-state index in [2.05, 4.69) is 11.5 Å². The Labute approximate surface area is 109 Å². The summed E-state index contributed by atoms with van der Waals surface area (Å²) < 4.78 is 5.58. The second-order valence-electron chi connectivity index (χ2n) is 3.13. The van der Waals surface area contributed by atoms with E-state index < -0.39 is 6.03 Å². The summed E-state index contributed by atoms with van der Waals surface area (Å²) in [7, 11) is 0. The van der Waals surface area contributed by atoms with Gasteiger partial charge in [0.2, 0.25) is 0 Å². The fourth-order valence-corrected chi connectivity index (χ4v) is 1.11. The van der Waals surface area contributed by atoms with Crippen molar-refractivity contribution in [3.8, 4) is 11.5 Å². The Bertz CT molecular complexity index is 411. The van der Waals surface area contributed by atoms with Gasteiger partial charge in [-0.05, 0) is 24.3 Å². The molecule has 2 aromatic carbocycles. The number of carbonyl (C=O) groups is 1. The van der Waals surface area contributed by atoms with Crippen molar-refractivity contribution in [2.45, 2.75) is 0 Å². The molecular formula is C13H16F2N2O2. The van der Waals surface area contributed by atoms with Crippen molar-refractivity contribution in [2.24, 2.45) is 11.5 Å². The second-order valence-corrected chi connectivity index (χ2v) is 3.13. The molecule has 0 radical (unpaired) electrons. The van der Waals surface area contributed by atoms with E-state index in [1.807, 2.05) is 60.7 Å². The monoisotopic (exact) mass is 270 g/mol. The Hall–Kier alpha value is -2.63. The maximum Gasteiger partial charge on any atom is 0.309 e. The van der Waals surface area contributed by atoms with E-state index in [-0.39, 0.29) is 9.41 Å². The average molecular weight is 270 g/mol. The SMILES string of the molecule is F.F.NC(N)=O.c1ccc(Oc2ccccc2)cc1. The summed E-state index contributed by atoms with van der Waals surface area (Å²) in [5.74, 6) is 1.74. The largest absolute Gasteiger partial charge is 0.457 e. The quantitative estimate of drug-likeness (QED) is 0.880. The third-order valence-corrected chi connectivity index (χ3v) is 1.72. The highest BCUT2D eigenvalue weighted by molar-refractivity contribution is 5.69. The fraction of sp³-hybridized carbons (Fsp3) is 0. The molecule has 2 aromatic rings. The predicted molar refractivity (Wildman–Crippen MR) is 71.7 cm³/mol. The third kappa shape index (κ3) is 9.11. The predicted octanol–water partition coefficient (Wildman–Crippen LogP) is 2.81. The Morgan fingerprint density at radius 2 is 1.00 bits per heavy atom.